The average molecular weight is 753 g/mol. The van der Waals surface area contributed by atoms with Gasteiger partial charge in [0.1, 0.15) is 11.5 Å². The summed E-state index contributed by atoms with van der Waals surface area (Å²) in [5.41, 5.74) is 0.835. The van der Waals surface area contributed by atoms with Crippen molar-refractivity contribution in [2.45, 2.75) is 166 Å². The van der Waals surface area contributed by atoms with Gasteiger partial charge < -0.3 is 34.2 Å². The molecule has 4 aliphatic rings. The lowest BCUT2D eigenvalue weighted by molar-refractivity contribution is -0.123. The summed E-state index contributed by atoms with van der Waals surface area (Å²) in [4.78, 5) is 53.7. The molecule has 0 spiro atoms. The molecule has 0 saturated heterocycles. The quantitative estimate of drug-likeness (QED) is 0.178. The Morgan fingerprint density at radius 3 is 1.52 bits per heavy atom. The van der Waals surface area contributed by atoms with Crippen LogP contribution in [0.4, 0.5) is 0 Å². The number of carbonyl (C=O) groups excluding carboxylic acids is 4. The van der Waals surface area contributed by atoms with Crippen LogP contribution in [-0.4, -0.2) is 94.7 Å². The Labute approximate surface area is 321 Å². The zero-order chi connectivity index (χ0) is 38.6. The zero-order valence-corrected chi connectivity index (χ0v) is 33.3. The first-order valence-electron chi connectivity index (χ1n) is 20.7. The van der Waals surface area contributed by atoms with Crippen molar-refractivity contribution in [1.82, 2.24) is 30.7 Å². The minimum Gasteiger partial charge on any atom is -0.383 e. The molecular formula is C41H64N6O7. The van der Waals surface area contributed by atoms with Gasteiger partial charge in [-0.2, -0.15) is 0 Å². The number of nitrogens with one attached hydrogen (secondary N) is 2. The molecule has 0 unspecified atom stereocenters. The first-order valence-corrected chi connectivity index (χ1v) is 20.7. The van der Waals surface area contributed by atoms with E-state index in [0.29, 0.717) is 55.1 Å². The third-order valence-corrected chi connectivity index (χ3v) is 11.0. The molecule has 2 aromatic rings. The molecule has 2 heterocycles. The molecule has 0 aliphatic heterocycles. The van der Waals surface area contributed by atoms with Gasteiger partial charge in [0.2, 0.25) is 11.8 Å². The van der Waals surface area contributed by atoms with E-state index in [1.54, 1.807) is 13.2 Å². The minimum absolute atomic E-state index is 0.0159. The monoisotopic (exact) mass is 752 g/mol. The van der Waals surface area contributed by atoms with E-state index >= 15 is 0 Å². The van der Waals surface area contributed by atoms with Crippen LogP contribution in [0.15, 0.2) is 21.2 Å². The van der Waals surface area contributed by atoms with Crippen molar-refractivity contribution in [2.24, 2.45) is 5.92 Å². The van der Waals surface area contributed by atoms with Crippen LogP contribution in [0.3, 0.4) is 0 Å². The maximum absolute atomic E-state index is 13.1. The Balaban J connectivity index is 0.000000208. The number of aromatic nitrogens is 2. The molecule has 0 aromatic carbocycles. The van der Waals surface area contributed by atoms with Crippen molar-refractivity contribution in [3.8, 4) is 0 Å². The van der Waals surface area contributed by atoms with Gasteiger partial charge in [0.15, 0.2) is 11.4 Å². The summed E-state index contributed by atoms with van der Waals surface area (Å²) in [7, 11) is 1.64. The molecule has 300 valence electrons. The number of carbonyl (C=O) groups is 4. The molecule has 0 radical (unpaired) electrons. The lowest BCUT2D eigenvalue weighted by Gasteiger charge is -2.37. The van der Waals surface area contributed by atoms with E-state index in [1.165, 1.54) is 0 Å². The van der Waals surface area contributed by atoms with E-state index in [1.807, 2.05) is 29.7 Å². The van der Waals surface area contributed by atoms with E-state index in [9.17, 15) is 19.2 Å². The van der Waals surface area contributed by atoms with Crippen LogP contribution in [0.1, 0.15) is 175 Å². The highest BCUT2D eigenvalue weighted by Gasteiger charge is 2.35. The van der Waals surface area contributed by atoms with Crippen LogP contribution in [-0.2, 0) is 14.3 Å². The second kappa shape index (κ2) is 20.3. The molecule has 0 atom stereocenters. The van der Waals surface area contributed by atoms with Gasteiger partial charge in [0, 0.05) is 81.2 Å². The molecule has 13 heteroatoms. The number of rotatable bonds is 17. The fourth-order valence-corrected chi connectivity index (χ4v) is 7.74. The van der Waals surface area contributed by atoms with Gasteiger partial charge in [-0.3, -0.25) is 19.2 Å². The van der Waals surface area contributed by atoms with Crippen molar-refractivity contribution in [2.75, 3.05) is 26.8 Å². The average Bonchev–Trinajstić information content (AvgIpc) is 4.09. The summed E-state index contributed by atoms with van der Waals surface area (Å²) in [5.74, 6) is 3.14. The van der Waals surface area contributed by atoms with Crippen LogP contribution >= 0.6 is 0 Å². The standard InChI is InChI=1S/C21H33N3O3.C20H31N3O4/c1-4-5-20(25)22-16-8-10-17(11-9-16)24(13-14(2)3)21(26)18-12-19(27-23-18)15-6-7-15;1-3-4-19(24)21-15-7-9-16(10-8-15)23(11-12-26-2)20(25)17-13-18(27-22-17)14-5-6-14/h12,14-17H,4-11,13H2,1-3H3,(H,22,25);13-16H,3-12H2,1-2H3,(H,21,24). The minimum atomic E-state index is -0.0823. The van der Waals surface area contributed by atoms with Gasteiger partial charge in [0.25, 0.3) is 11.8 Å². The molecule has 6 rings (SSSR count). The summed E-state index contributed by atoms with van der Waals surface area (Å²) >= 11 is 0. The normalized spacial score (nSPS) is 22.6. The fraction of sp³-hybridized carbons (Fsp3) is 0.756. The van der Waals surface area contributed by atoms with Gasteiger partial charge in [0.05, 0.1) is 6.61 Å². The Hall–Kier alpha value is -3.74. The number of hydrogen-bond acceptors (Lipinski definition) is 9. The predicted molar refractivity (Wildman–Crippen MR) is 204 cm³/mol. The SMILES string of the molecule is CCCC(=O)NC1CCC(N(CC(C)C)C(=O)c2cc(C3CC3)on2)CC1.CCCC(=O)NC1CCC(N(CCOC)C(=O)c2cc(C3CC3)on2)CC1. The first kappa shape index (κ1) is 41.4. The Bertz CT molecular complexity index is 1500. The van der Waals surface area contributed by atoms with Crippen molar-refractivity contribution >= 4 is 23.6 Å². The van der Waals surface area contributed by atoms with Gasteiger partial charge in [-0.1, -0.05) is 38.0 Å². The number of hydrogen-bond donors (Lipinski definition) is 2. The number of amides is 4. The molecule has 4 fully saturated rings. The maximum Gasteiger partial charge on any atom is 0.276 e. The second-order valence-electron chi connectivity index (χ2n) is 16.3. The molecule has 4 aliphatic carbocycles. The molecule has 0 bridgehead atoms. The highest BCUT2D eigenvalue weighted by molar-refractivity contribution is 5.93. The molecular weight excluding hydrogens is 688 g/mol. The fourth-order valence-electron chi connectivity index (χ4n) is 7.74. The van der Waals surface area contributed by atoms with Crippen LogP contribution in [0, 0.1) is 5.92 Å². The molecule has 2 N–H and O–H groups in total. The summed E-state index contributed by atoms with van der Waals surface area (Å²) in [6, 6.07) is 4.45. The van der Waals surface area contributed by atoms with Gasteiger partial charge >= 0.3 is 0 Å². The summed E-state index contributed by atoms with van der Waals surface area (Å²) in [6.07, 6.45) is 14.6. The topological polar surface area (TPSA) is 160 Å². The number of ether oxygens (including phenoxy) is 1. The molecule has 13 nitrogen and oxygen atoms in total. The molecule has 2 aromatic heterocycles. The lowest BCUT2D eigenvalue weighted by atomic mass is 9.89. The van der Waals surface area contributed by atoms with Crippen LogP contribution in [0.25, 0.3) is 0 Å². The summed E-state index contributed by atoms with van der Waals surface area (Å²) < 4.78 is 16.0. The van der Waals surface area contributed by atoms with Crippen LogP contribution < -0.4 is 10.6 Å². The third kappa shape index (κ3) is 12.1. The molecule has 4 saturated carbocycles. The molecule has 54 heavy (non-hydrogen) atoms. The number of nitrogens with zero attached hydrogens (tertiary/aromatic N) is 4. The molecule has 4 amide bonds. The van der Waals surface area contributed by atoms with Crippen LogP contribution in [0.2, 0.25) is 0 Å². The smallest absolute Gasteiger partial charge is 0.276 e. The summed E-state index contributed by atoms with van der Waals surface area (Å²) in [5, 5.41) is 14.3. The van der Waals surface area contributed by atoms with Crippen molar-refractivity contribution in [1.29, 1.82) is 0 Å². The van der Waals surface area contributed by atoms with Gasteiger partial charge in [-0.15, -0.1) is 0 Å². The van der Waals surface area contributed by atoms with Crippen molar-refractivity contribution < 1.29 is 33.0 Å². The largest absolute Gasteiger partial charge is 0.383 e. The zero-order valence-electron chi connectivity index (χ0n) is 33.3. The Morgan fingerprint density at radius 1 is 0.704 bits per heavy atom. The highest BCUT2D eigenvalue weighted by atomic mass is 16.5. The van der Waals surface area contributed by atoms with Crippen LogP contribution in [0.5, 0.6) is 0 Å². The van der Waals surface area contributed by atoms with E-state index in [0.717, 1.165) is 108 Å². The Kier molecular flexibility index (Phi) is 15.5. The van der Waals surface area contributed by atoms with Crippen molar-refractivity contribution in [3.05, 3.63) is 35.0 Å². The second-order valence-corrected chi connectivity index (χ2v) is 16.3. The van der Waals surface area contributed by atoms with E-state index < -0.39 is 0 Å². The van der Waals surface area contributed by atoms with Gasteiger partial charge in [-0.05, 0) is 95.8 Å². The lowest BCUT2D eigenvalue weighted by Crippen LogP contribution is -2.47. The maximum atomic E-state index is 13.1. The van der Waals surface area contributed by atoms with Gasteiger partial charge in [-0.25, -0.2) is 0 Å². The first-order chi connectivity index (χ1) is 26.1. The number of methoxy groups -OCH3 is 1. The van der Waals surface area contributed by atoms with E-state index in [4.69, 9.17) is 13.8 Å². The van der Waals surface area contributed by atoms with Crippen molar-refractivity contribution in [3.63, 3.8) is 0 Å². The third-order valence-electron chi connectivity index (χ3n) is 11.0. The van der Waals surface area contributed by atoms with E-state index in [2.05, 4.69) is 34.8 Å². The predicted octanol–water partition coefficient (Wildman–Crippen LogP) is 6.75. The highest BCUT2D eigenvalue weighted by Crippen LogP contribution is 2.41. The Morgan fingerprint density at radius 2 is 1.13 bits per heavy atom. The summed E-state index contributed by atoms with van der Waals surface area (Å²) in [6.45, 7) is 10.1. The van der Waals surface area contributed by atoms with E-state index in [-0.39, 0.29) is 47.8 Å².